The van der Waals surface area contributed by atoms with Gasteiger partial charge in [0.15, 0.2) is 22.8 Å². The number of ketones is 1. The number of phosphoric ester groups is 3. The van der Waals surface area contributed by atoms with Crippen molar-refractivity contribution >= 4 is 74.9 Å². The quantitative estimate of drug-likeness (QED) is 0.0170. The summed E-state index contributed by atoms with van der Waals surface area (Å²) >= 11 is 0.947. The lowest BCUT2D eigenvalue weighted by molar-refractivity contribution is -0.137. The van der Waals surface area contributed by atoms with Crippen LogP contribution < -0.4 is 16.4 Å². The molecule has 0 radical (unpaired) electrons. The first kappa shape index (κ1) is 71.5. The number of carbonyl (C=O) groups is 4. The molecule has 1 aliphatic rings. The van der Waals surface area contributed by atoms with Crippen LogP contribution in [0.3, 0.4) is 0 Å². The van der Waals surface area contributed by atoms with E-state index in [-0.39, 0.29) is 59.6 Å². The maximum Gasteiger partial charge on any atom is 0.481 e. The number of ether oxygens (including phenoxy) is 1. The van der Waals surface area contributed by atoms with Crippen LogP contribution in [0.2, 0.25) is 0 Å². The van der Waals surface area contributed by atoms with E-state index in [2.05, 4.69) is 41.3 Å². The minimum Gasteiger partial charge on any atom is -0.386 e. The van der Waals surface area contributed by atoms with Gasteiger partial charge in [-0.25, -0.2) is 28.6 Å². The minimum absolute atomic E-state index is 0.0275. The molecule has 0 aliphatic carbocycles. The maximum atomic E-state index is 12.8. The summed E-state index contributed by atoms with van der Waals surface area (Å²) in [5.74, 6) is -1.38. The Balaban J connectivity index is 1.18. The number of aliphatic hydroxyl groups excluding tert-OH is 2. The summed E-state index contributed by atoms with van der Waals surface area (Å²) in [4.78, 5) is 101. The van der Waals surface area contributed by atoms with Crippen molar-refractivity contribution in [3.8, 4) is 0 Å². The Morgan fingerprint density at radius 2 is 1.25 bits per heavy atom. The first-order valence-corrected chi connectivity index (χ1v) is 34.0. The van der Waals surface area contributed by atoms with Crippen LogP contribution in [-0.2, 0) is 55.5 Å². The largest absolute Gasteiger partial charge is 0.481 e. The number of aliphatic hydroxyl groups is 2. The van der Waals surface area contributed by atoms with Crippen LogP contribution in [0.4, 0.5) is 5.82 Å². The molecule has 0 aromatic carbocycles. The second-order valence-electron chi connectivity index (χ2n) is 21.2. The number of nitrogens with one attached hydrogen (secondary N) is 2. The molecule has 1 aliphatic heterocycles. The predicted octanol–water partition coefficient (Wildman–Crippen LogP) is 8.79. The van der Waals surface area contributed by atoms with Crippen LogP contribution in [-0.4, -0.2) is 128 Å². The molecular formula is C51H92N7O18P3S. The number of nitrogens with two attached hydrogens (primary N) is 1. The number of hydrogen-bond donors (Lipinski definition) is 9. The molecule has 3 rings (SSSR count). The fourth-order valence-corrected chi connectivity index (χ4v) is 12.6. The fourth-order valence-electron chi connectivity index (χ4n) is 9.06. The number of thioether (sulfide) groups is 1. The third kappa shape index (κ3) is 29.7. The minimum atomic E-state index is -5.59. The van der Waals surface area contributed by atoms with Crippen molar-refractivity contribution in [1.82, 2.24) is 30.2 Å². The number of imidazole rings is 1. The van der Waals surface area contributed by atoms with E-state index in [1.807, 2.05) is 0 Å². The lowest BCUT2D eigenvalue weighted by Gasteiger charge is -2.30. The molecular weight excluding hydrogens is 1120 g/mol. The molecule has 2 amide bonds. The molecule has 25 nitrogen and oxygen atoms in total. The predicted molar refractivity (Wildman–Crippen MR) is 302 cm³/mol. The lowest BCUT2D eigenvalue weighted by atomic mass is 9.87. The number of nitrogens with zero attached hydrogens (tertiary/aromatic N) is 4. The third-order valence-electron chi connectivity index (χ3n) is 13.7. The van der Waals surface area contributed by atoms with Gasteiger partial charge >= 0.3 is 23.5 Å². The second kappa shape index (κ2) is 38.2. The molecule has 29 heteroatoms. The highest BCUT2D eigenvalue weighted by Crippen LogP contribution is 2.61. The summed E-state index contributed by atoms with van der Waals surface area (Å²) in [7, 11) is -16.5. The number of nitrogen functional groups attached to an aromatic ring is 1. The van der Waals surface area contributed by atoms with Gasteiger partial charge in [0.2, 0.25) is 11.8 Å². The molecule has 0 spiro atoms. The molecule has 2 unspecified atom stereocenters. The Hall–Kier alpha value is -2.77. The van der Waals surface area contributed by atoms with Crippen LogP contribution in [0, 0.1) is 5.41 Å². The zero-order valence-electron chi connectivity index (χ0n) is 47.1. The van der Waals surface area contributed by atoms with Crippen LogP contribution in [0.5, 0.6) is 0 Å². The third-order valence-corrected chi connectivity index (χ3v) is 17.6. The van der Waals surface area contributed by atoms with Crippen molar-refractivity contribution in [1.29, 1.82) is 0 Å². The second-order valence-corrected chi connectivity index (χ2v) is 26.6. The van der Waals surface area contributed by atoms with Gasteiger partial charge < -0.3 is 50.9 Å². The summed E-state index contributed by atoms with van der Waals surface area (Å²) in [5.41, 5.74) is 4.26. The van der Waals surface area contributed by atoms with Crippen LogP contribution in [0.15, 0.2) is 12.7 Å². The summed E-state index contributed by atoms with van der Waals surface area (Å²) < 4.78 is 62.6. The number of amides is 2. The summed E-state index contributed by atoms with van der Waals surface area (Å²) in [6, 6.07) is 0. The van der Waals surface area contributed by atoms with E-state index in [9.17, 15) is 62.7 Å². The molecule has 0 bridgehead atoms. The molecule has 3 heterocycles. The molecule has 0 saturated carbocycles. The van der Waals surface area contributed by atoms with Crippen LogP contribution >= 0.6 is 35.2 Å². The normalized spacial score (nSPS) is 18.7. The van der Waals surface area contributed by atoms with Gasteiger partial charge in [0.05, 0.1) is 26.0 Å². The fraction of sp³-hybridized carbons (Fsp3) is 0.824. The van der Waals surface area contributed by atoms with Crippen molar-refractivity contribution in [2.24, 2.45) is 5.41 Å². The smallest absolute Gasteiger partial charge is 0.386 e. The van der Waals surface area contributed by atoms with Crippen molar-refractivity contribution in [2.75, 3.05) is 37.8 Å². The van der Waals surface area contributed by atoms with E-state index in [0.29, 0.717) is 6.42 Å². The van der Waals surface area contributed by atoms with Crippen LogP contribution in [0.25, 0.3) is 11.2 Å². The Morgan fingerprint density at radius 1 is 0.738 bits per heavy atom. The van der Waals surface area contributed by atoms with Gasteiger partial charge in [-0.3, -0.25) is 37.3 Å². The number of Topliss-reactive ketones (excluding diaryl/α,β-unsaturated/α-hetero) is 1. The summed E-state index contributed by atoms with van der Waals surface area (Å²) in [6.07, 6.45) is 25.9. The first-order valence-electron chi connectivity index (χ1n) is 28.5. The Kier molecular flexibility index (Phi) is 34.2. The molecule has 1 saturated heterocycles. The Labute approximate surface area is 475 Å². The highest BCUT2D eigenvalue weighted by molar-refractivity contribution is 8.13. The Morgan fingerprint density at radius 3 is 1.77 bits per heavy atom. The number of fused-ring (bicyclic) bond motifs is 1. The average Bonchev–Trinajstić information content (AvgIpc) is 3.95. The number of aromatic nitrogens is 4. The number of hydrogen-bond acceptors (Lipinski definition) is 19. The number of unbranched alkanes of at least 4 members (excludes halogenated alkanes) is 24. The van der Waals surface area contributed by atoms with Crippen molar-refractivity contribution < 1.29 is 85.3 Å². The van der Waals surface area contributed by atoms with E-state index in [0.717, 1.165) is 54.7 Å². The lowest BCUT2D eigenvalue weighted by Crippen LogP contribution is -2.46. The molecule has 460 valence electrons. The van der Waals surface area contributed by atoms with Crippen molar-refractivity contribution in [2.45, 2.75) is 231 Å². The molecule has 2 aromatic rings. The molecule has 1 fully saturated rings. The van der Waals surface area contributed by atoms with Gasteiger partial charge in [0, 0.05) is 37.1 Å². The SMILES string of the molecule is CCCCCCCCCCCCCCCCCCCCCCCCCCCC(=O)CC(=O)SCCNC(=O)CCNC(=O)[C@H](O)C(C)(C)COP(=O)(O)OP(=O)(O)OC[C@H]1O[C@@H](n2cnc3c(N)ncnc32)[C@H](O)[C@@H]1OP(=O)(O)O. The van der Waals surface area contributed by atoms with Gasteiger partial charge in [-0.05, 0) is 6.42 Å². The highest BCUT2D eigenvalue weighted by Gasteiger charge is 2.50. The zero-order valence-corrected chi connectivity index (χ0v) is 50.6. The van der Waals surface area contributed by atoms with Gasteiger partial charge in [-0.15, -0.1) is 0 Å². The summed E-state index contributed by atoms with van der Waals surface area (Å²) in [6.45, 7) is 2.63. The standard InChI is InChI=1S/C51H92N7O18P3S/c1-4-5-6-7-8-9-10-11-12-13-14-15-16-17-18-19-20-21-22-23-24-25-26-27-28-29-39(59)34-42(61)80-33-32-53-41(60)30-31-54-49(64)46(63)51(2,3)36-73-79(70,71)76-78(68,69)72-35-40-45(75-77(65,66)67)44(62)50(74-40)58-38-57-43-47(52)55-37-56-48(43)58/h37-38,40,44-46,50,62-63H,4-36H2,1-3H3,(H,53,60)(H,54,64)(H,68,69)(H,70,71)(H2,52,55,56)(H2,65,66,67)/t40-,44-,45-,46+,50-/m1/s1. The van der Waals surface area contributed by atoms with Gasteiger partial charge in [-0.2, -0.15) is 4.31 Å². The molecule has 10 N–H and O–H groups in total. The van der Waals surface area contributed by atoms with Gasteiger partial charge in [0.25, 0.3) is 0 Å². The zero-order chi connectivity index (χ0) is 59.0. The van der Waals surface area contributed by atoms with E-state index in [1.165, 1.54) is 149 Å². The van der Waals surface area contributed by atoms with E-state index in [4.69, 9.17) is 19.5 Å². The maximum absolute atomic E-state index is 12.8. The van der Waals surface area contributed by atoms with Gasteiger partial charge in [-0.1, -0.05) is 187 Å². The first-order chi connectivity index (χ1) is 37.9. The molecule has 7 atom stereocenters. The van der Waals surface area contributed by atoms with Crippen LogP contribution in [0.1, 0.15) is 207 Å². The van der Waals surface area contributed by atoms with Gasteiger partial charge in [0.1, 0.15) is 42.0 Å². The topological polar surface area (TPSA) is 381 Å². The highest BCUT2D eigenvalue weighted by atomic mass is 32.2. The average molecular weight is 1220 g/mol. The summed E-state index contributed by atoms with van der Waals surface area (Å²) in [5, 5.41) is 26.3. The number of rotatable bonds is 47. The number of phosphoric acid groups is 3. The van der Waals surface area contributed by atoms with Crippen molar-refractivity contribution in [3.63, 3.8) is 0 Å². The number of carbonyl (C=O) groups excluding carboxylic acids is 4. The van der Waals surface area contributed by atoms with E-state index < -0.39 is 84.6 Å². The number of anilines is 1. The molecule has 2 aromatic heterocycles. The van der Waals surface area contributed by atoms with E-state index >= 15 is 0 Å². The van der Waals surface area contributed by atoms with E-state index in [1.54, 1.807) is 0 Å². The van der Waals surface area contributed by atoms with Crippen molar-refractivity contribution in [3.05, 3.63) is 12.7 Å². The molecule has 80 heavy (non-hydrogen) atoms. The monoisotopic (exact) mass is 1220 g/mol. The Bertz CT molecular complexity index is 2300.